The average molecular weight is 519 g/mol. The molecule has 0 unspecified atom stereocenters. The summed E-state index contributed by atoms with van der Waals surface area (Å²) in [5, 5.41) is 0. The molecule has 0 saturated heterocycles. The lowest BCUT2D eigenvalue weighted by molar-refractivity contribution is 0.618. The summed E-state index contributed by atoms with van der Waals surface area (Å²) in [6.45, 7) is 28.5. The third-order valence-corrected chi connectivity index (χ3v) is 7.06. The molecule has 0 amide bonds. The van der Waals surface area contributed by atoms with E-state index in [-0.39, 0.29) is 5.82 Å². The SMILES string of the molecule is CC(C)c1ccccc1C(C)C.CC(C)c1ccccc1C(C)C.Cc1cc(F)cc(C(C)C)c1C(C)C. The lowest BCUT2D eigenvalue weighted by Gasteiger charge is -2.18. The highest BCUT2D eigenvalue weighted by Gasteiger charge is 2.14. The van der Waals surface area contributed by atoms with Gasteiger partial charge in [0.2, 0.25) is 0 Å². The molecular formula is C37H55F. The molecule has 3 rings (SSSR count). The molecule has 210 valence electrons. The van der Waals surface area contributed by atoms with Gasteiger partial charge in [-0.3, -0.25) is 0 Å². The van der Waals surface area contributed by atoms with Crippen LogP contribution in [0.25, 0.3) is 0 Å². The lowest BCUT2D eigenvalue weighted by atomic mass is 9.87. The fourth-order valence-electron chi connectivity index (χ4n) is 5.17. The summed E-state index contributed by atoms with van der Waals surface area (Å²) in [5.41, 5.74) is 9.50. The molecule has 0 nitrogen and oxygen atoms in total. The molecule has 3 aromatic carbocycles. The minimum atomic E-state index is -0.115. The first-order chi connectivity index (χ1) is 17.7. The van der Waals surface area contributed by atoms with Gasteiger partial charge in [0.05, 0.1) is 0 Å². The van der Waals surface area contributed by atoms with Gasteiger partial charge in [-0.15, -0.1) is 0 Å². The maximum Gasteiger partial charge on any atom is 0.123 e. The Labute approximate surface area is 235 Å². The maximum absolute atomic E-state index is 13.2. The molecule has 0 fully saturated rings. The zero-order valence-electron chi connectivity index (χ0n) is 26.6. The van der Waals surface area contributed by atoms with Gasteiger partial charge in [-0.25, -0.2) is 4.39 Å². The summed E-state index contributed by atoms with van der Waals surface area (Å²) in [6.07, 6.45) is 0. The smallest absolute Gasteiger partial charge is 0.123 e. The van der Waals surface area contributed by atoms with Crippen LogP contribution in [-0.4, -0.2) is 0 Å². The van der Waals surface area contributed by atoms with Crippen LogP contribution < -0.4 is 0 Å². The van der Waals surface area contributed by atoms with E-state index in [9.17, 15) is 4.39 Å². The van der Waals surface area contributed by atoms with E-state index >= 15 is 0 Å². The van der Waals surface area contributed by atoms with Crippen LogP contribution in [0.15, 0.2) is 60.7 Å². The molecule has 0 aliphatic rings. The molecule has 0 heterocycles. The van der Waals surface area contributed by atoms with Crippen LogP contribution in [0.4, 0.5) is 4.39 Å². The monoisotopic (exact) mass is 518 g/mol. The Morgan fingerprint density at radius 3 is 0.947 bits per heavy atom. The van der Waals surface area contributed by atoms with Crippen molar-refractivity contribution in [1.29, 1.82) is 0 Å². The highest BCUT2D eigenvalue weighted by atomic mass is 19.1. The van der Waals surface area contributed by atoms with E-state index in [0.717, 1.165) is 11.1 Å². The van der Waals surface area contributed by atoms with Crippen LogP contribution in [0.5, 0.6) is 0 Å². The van der Waals surface area contributed by atoms with Crippen molar-refractivity contribution >= 4 is 0 Å². The standard InChI is InChI=1S/C13H19F.2C12H18/c1-8(2)12-7-11(14)6-10(5)13(12)9(3)4;2*1-9(2)11-7-5-6-8-12(11)10(3)4/h6-9H,1-5H3;2*5-10H,1-4H3. The summed E-state index contributed by atoms with van der Waals surface area (Å²) >= 11 is 0. The van der Waals surface area contributed by atoms with E-state index in [1.54, 1.807) is 12.1 Å². The molecule has 0 atom stereocenters. The van der Waals surface area contributed by atoms with Crippen molar-refractivity contribution in [2.24, 2.45) is 0 Å². The number of halogens is 1. The lowest BCUT2D eigenvalue weighted by Crippen LogP contribution is -2.02. The van der Waals surface area contributed by atoms with Gasteiger partial charge in [0.15, 0.2) is 0 Å². The van der Waals surface area contributed by atoms with E-state index in [1.807, 2.05) is 6.92 Å². The van der Waals surface area contributed by atoms with Crippen LogP contribution in [0.3, 0.4) is 0 Å². The number of hydrogen-bond donors (Lipinski definition) is 0. The summed E-state index contributed by atoms with van der Waals surface area (Å²) in [5.74, 6) is 3.31. The zero-order chi connectivity index (χ0) is 29.2. The van der Waals surface area contributed by atoms with Crippen molar-refractivity contribution in [2.45, 2.75) is 126 Å². The van der Waals surface area contributed by atoms with Gasteiger partial charge in [-0.1, -0.05) is 132 Å². The largest absolute Gasteiger partial charge is 0.207 e. The van der Waals surface area contributed by atoms with Crippen molar-refractivity contribution < 1.29 is 4.39 Å². The van der Waals surface area contributed by atoms with Crippen molar-refractivity contribution in [3.05, 3.63) is 105 Å². The third kappa shape index (κ3) is 10.0. The van der Waals surface area contributed by atoms with Crippen LogP contribution in [0, 0.1) is 12.7 Å². The van der Waals surface area contributed by atoms with Crippen molar-refractivity contribution in [1.82, 2.24) is 0 Å². The molecule has 0 aliphatic carbocycles. The molecular weight excluding hydrogens is 463 g/mol. The Bertz CT molecular complexity index is 990. The first kappa shape index (κ1) is 33.6. The highest BCUT2D eigenvalue weighted by molar-refractivity contribution is 5.39. The second kappa shape index (κ2) is 15.9. The van der Waals surface area contributed by atoms with Crippen LogP contribution in [0.2, 0.25) is 0 Å². The Balaban J connectivity index is 0.000000286. The zero-order valence-corrected chi connectivity index (χ0v) is 26.6. The molecule has 3 aromatic rings. The fourth-order valence-corrected chi connectivity index (χ4v) is 5.17. The average Bonchev–Trinajstić information content (AvgIpc) is 2.83. The highest BCUT2D eigenvalue weighted by Crippen LogP contribution is 2.30. The molecule has 0 bridgehead atoms. The first-order valence-electron chi connectivity index (χ1n) is 14.7. The molecule has 1 heteroatoms. The minimum absolute atomic E-state index is 0.115. The third-order valence-electron chi connectivity index (χ3n) is 7.06. The van der Waals surface area contributed by atoms with Crippen LogP contribution in [0.1, 0.15) is 158 Å². The van der Waals surface area contributed by atoms with E-state index in [0.29, 0.717) is 35.5 Å². The Morgan fingerprint density at radius 1 is 0.421 bits per heavy atom. The number of benzene rings is 3. The summed E-state index contributed by atoms with van der Waals surface area (Å²) in [6, 6.07) is 20.7. The van der Waals surface area contributed by atoms with Gasteiger partial charge in [-0.2, -0.15) is 0 Å². The van der Waals surface area contributed by atoms with Crippen molar-refractivity contribution in [2.75, 3.05) is 0 Å². The molecule has 0 aromatic heterocycles. The minimum Gasteiger partial charge on any atom is -0.207 e. The fraction of sp³-hybridized carbons (Fsp3) is 0.514. The van der Waals surface area contributed by atoms with Gasteiger partial charge in [0.1, 0.15) is 5.82 Å². The molecule has 0 aliphatic heterocycles. The van der Waals surface area contributed by atoms with Crippen molar-refractivity contribution in [3.8, 4) is 0 Å². The van der Waals surface area contributed by atoms with E-state index in [1.165, 1.54) is 27.8 Å². The molecule has 38 heavy (non-hydrogen) atoms. The molecule has 0 radical (unpaired) electrons. The quantitative estimate of drug-likeness (QED) is 0.304. The first-order valence-corrected chi connectivity index (χ1v) is 14.7. The summed E-state index contributed by atoms with van der Waals surface area (Å²) in [4.78, 5) is 0. The van der Waals surface area contributed by atoms with E-state index in [4.69, 9.17) is 0 Å². The van der Waals surface area contributed by atoms with Gasteiger partial charge in [-0.05, 0) is 93.5 Å². The van der Waals surface area contributed by atoms with Gasteiger partial charge in [0.25, 0.3) is 0 Å². The van der Waals surface area contributed by atoms with Gasteiger partial charge in [0, 0.05) is 0 Å². The van der Waals surface area contributed by atoms with Gasteiger partial charge < -0.3 is 0 Å². The number of hydrogen-bond acceptors (Lipinski definition) is 0. The normalized spacial score (nSPS) is 11.3. The maximum atomic E-state index is 13.2. The number of aryl methyl sites for hydroxylation is 1. The predicted molar refractivity (Wildman–Crippen MR) is 169 cm³/mol. The number of rotatable bonds is 6. The molecule has 0 spiro atoms. The molecule has 0 N–H and O–H groups in total. The second-order valence-corrected chi connectivity index (χ2v) is 12.4. The van der Waals surface area contributed by atoms with Crippen LogP contribution >= 0.6 is 0 Å². The Kier molecular flexibility index (Phi) is 14.0. The van der Waals surface area contributed by atoms with E-state index < -0.39 is 0 Å². The van der Waals surface area contributed by atoms with Crippen molar-refractivity contribution in [3.63, 3.8) is 0 Å². The Hall–Kier alpha value is -2.41. The van der Waals surface area contributed by atoms with Gasteiger partial charge >= 0.3 is 0 Å². The predicted octanol–water partition coefficient (Wildman–Crippen LogP) is 12.2. The summed E-state index contributed by atoms with van der Waals surface area (Å²) < 4.78 is 13.2. The second-order valence-electron chi connectivity index (χ2n) is 12.4. The Morgan fingerprint density at radius 2 is 0.711 bits per heavy atom. The van der Waals surface area contributed by atoms with Crippen LogP contribution in [-0.2, 0) is 0 Å². The summed E-state index contributed by atoms with van der Waals surface area (Å²) in [7, 11) is 0. The topological polar surface area (TPSA) is 0 Å². The molecule has 0 saturated carbocycles. The van der Waals surface area contributed by atoms with E-state index in [2.05, 4.69) is 132 Å².